The monoisotopic (exact) mass is 314 g/mol. The maximum Gasteiger partial charge on any atom is 0.175 e. The van der Waals surface area contributed by atoms with Gasteiger partial charge in [0.1, 0.15) is 18.9 Å². The molecule has 0 unspecified atom stereocenters. The van der Waals surface area contributed by atoms with Crippen molar-refractivity contribution in [3.63, 3.8) is 0 Å². The van der Waals surface area contributed by atoms with E-state index in [9.17, 15) is 9.18 Å². The highest BCUT2D eigenvalue weighted by Crippen LogP contribution is 2.20. The minimum absolute atomic E-state index is 0.0511. The van der Waals surface area contributed by atoms with Crippen molar-refractivity contribution in [1.82, 2.24) is 0 Å². The van der Waals surface area contributed by atoms with Crippen molar-refractivity contribution in [3.05, 3.63) is 71.5 Å². The van der Waals surface area contributed by atoms with Crippen LogP contribution in [-0.2, 0) is 4.74 Å². The van der Waals surface area contributed by atoms with E-state index in [1.54, 1.807) is 12.1 Å². The Labute approximate surface area is 135 Å². The van der Waals surface area contributed by atoms with Crippen molar-refractivity contribution >= 4 is 5.78 Å². The second kappa shape index (κ2) is 7.49. The largest absolute Gasteiger partial charge is 0.370 e. The number of carbonyl (C=O) groups excluding carboxylic acids is 1. The standard InChI is InChI=1S/C19H20FNO2/c20-17-8-6-16(7-9-17)19(22)18(15-4-2-1-3-5-15)14-21-10-12-23-13-11-21/h1-9,18H,10-14H2/p+1/t18-/m0/s1. The molecule has 3 nitrogen and oxygen atoms in total. The summed E-state index contributed by atoms with van der Waals surface area (Å²) in [5, 5.41) is 0. The van der Waals surface area contributed by atoms with Gasteiger partial charge in [-0.05, 0) is 29.8 Å². The van der Waals surface area contributed by atoms with Crippen LogP contribution in [-0.4, -0.2) is 38.6 Å². The van der Waals surface area contributed by atoms with E-state index in [0.29, 0.717) is 5.56 Å². The molecule has 1 heterocycles. The molecular formula is C19H21FNO2+. The second-order valence-electron chi connectivity index (χ2n) is 5.90. The molecule has 0 saturated carbocycles. The molecule has 0 radical (unpaired) electrons. The zero-order valence-electron chi connectivity index (χ0n) is 13.0. The summed E-state index contributed by atoms with van der Waals surface area (Å²) in [7, 11) is 0. The van der Waals surface area contributed by atoms with E-state index in [2.05, 4.69) is 0 Å². The molecule has 1 saturated heterocycles. The van der Waals surface area contributed by atoms with Gasteiger partial charge in [-0.2, -0.15) is 0 Å². The smallest absolute Gasteiger partial charge is 0.175 e. The van der Waals surface area contributed by atoms with Crippen molar-refractivity contribution < 1.29 is 18.8 Å². The number of rotatable bonds is 5. The minimum Gasteiger partial charge on any atom is -0.370 e. The summed E-state index contributed by atoms with van der Waals surface area (Å²) in [6.07, 6.45) is 0. The Bertz CT molecular complexity index is 636. The summed E-state index contributed by atoms with van der Waals surface area (Å²) in [6.45, 7) is 4.05. The Morgan fingerprint density at radius 3 is 2.35 bits per heavy atom. The lowest BCUT2D eigenvalue weighted by Crippen LogP contribution is -3.14. The molecule has 0 aromatic heterocycles. The molecule has 4 heteroatoms. The first-order chi connectivity index (χ1) is 11.2. The number of nitrogens with one attached hydrogen (secondary N) is 1. The maximum atomic E-state index is 13.1. The van der Waals surface area contributed by atoms with Crippen LogP contribution in [0, 0.1) is 5.82 Å². The molecule has 0 spiro atoms. The fourth-order valence-corrected chi connectivity index (χ4v) is 3.02. The van der Waals surface area contributed by atoms with Crippen LogP contribution >= 0.6 is 0 Å². The molecule has 120 valence electrons. The molecule has 1 aliphatic heterocycles. The van der Waals surface area contributed by atoms with E-state index in [-0.39, 0.29) is 17.5 Å². The number of Topliss-reactive ketones (excluding diaryl/α,β-unsaturated/α-hetero) is 1. The fraction of sp³-hybridized carbons (Fsp3) is 0.316. The Kier molecular flexibility index (Phi) is 5.16. The molecule has 2 aromatic rings. The molecule has 0 aliphatic carbocycles. The van der Waals surface area contributed by atoms with Gasteiger partial charge < -0.3 is 9.64 Å². The lowest BCUT2D eigenvalue weighted by Gasteiger charge is -2.27. The molecule has 0 bridgehead atoms. The lowest BCUT2D eigenvalue weighted by atomic mass is 9.90. The van der Waals surface area contributed by atoms with Crippen molar-refractivity contribution in [1.29, 1.82) is 0 Å². The number of halogens is 1. The van der Waals surface area contributed by atoms with Crippen LogP contribution in [0.3, 0.4) is 0 Å². The summed E-state index contributed by atoms with van der Waals surface area (Å²) in [6, 6.07) is 15.7. The average Bonchev–Trinajstić information content (AvgIpc) is 2.61. The first-order valence-electron chi connectivity index (χ1n) is 8.00. The van der Waals surface area contributed by atoms with Gasteiger partial charge in [0.25, 0.3) is 0 Å². The van der Waals surface area contributed by atoms with Gasteiger partial charge in [0, 0.05) is 5.56 Å². The Morgan fingerprint density at radius 2 is 1.70 bits per heavy atom. The molecule has 1 atom stereocenters. The second-order valence-corrected chi connectivity index (χ2v) is 5.90. The molecule has 0 amide bonds. The van der Waals surface area contributed by atoms with Gasteiger partial charge in [-0.15, -0.1) is 0 Å². The third-order valence-corrected chi connectivity index (χ3v) is 4.34. The van der Waals surface area contributed by atoms with Gasteiger partial charge in [-0.3, -0.25) is 4.79 Å². The van der Waals surface area contributed by atoms with Crippen molar-refractivity contribution in [3.8, 4) is 0 Å². The molecular weight excluding hydrogens is 293 g/mol. The first-order valence-corrected chi connectivity index (χ1v) is 8.00. The third-order valence-electron chi connectivity index (χ3n) is 4.34. The topological polar surface area (TPSA) is 30.7 Å². The van der Waals surface area contributed by atoms with Gasteiger partial charge in [-0.1, -0.05) is 30.3 Å². The number of hydrogen-bond donors (Lipinski definition) is 1. The van der Waals surface area contributed by atoms with Crippen LogP contribution in [0.1, 0.15) is 21.8 Å². The lowest BCUT2D eigenvalue weighted by molar-refractivity contribution is -0.908. The van der Waals surface area contributed by atoms with Crippen molar-refractivity contribution in [2.24, 2.45) is 0 Å². The SMILES string of the molecule is O=C(c1ccc(F)cc1)[C@@H](C[NH+]1CCOCC1)c1ccccc1. The molecule has 1 aliphatic rings. The average molecular weight is 314 g/mol. The Morgan fingerprint density at radius 1 is 1.04 bits per heavy atom. The number of quaternary nitrogens is 1. The van der Waals surface area contributed by atoms with E-state index < -0.39 is 0 Å². The van der Waals surface area contributed by atoms with Gasteiger partial charge in [-0.25, -0.2) is 4.39 Å². The highest BCUT2D eigenvalue weighted by atomic mass is 19.1. The summed E-state index contributed by atoms with van der Waals surface area (Å²) < 4.78 is 18.5. The van der Waals surface area contributed by atoms with Crippen molar-refractivity contribution in [2.75, 3.05) is 32.8 Å². The van der Waals surface area contributed by atoms with Crippen LogP contribution in [0.15, 0.2) is 54.6 Å². The zero-order valence-corrected chi connectivity index (χ0v) is 13.0. The summed E-state index contributed by atoms with van der Waals surface area (Å²) in [4.78, 5) is 14.3. The molecule has 2 aromatic carbocycles. The number of carbonyl (C=O) groups is 1. The molecule has 3 rings (SSSR count). The van der Waals surface area contributed by atoms with Gasteiger partial charge in [0.2, 0.25) is 0 Å². The fourth-order valence-electron chi connectivity index (χ4n) is 3.02. The van der Waals surface area contributed by atoms with Crippen LogP contribution in [0.2, 0.25) is 0 Å². The predicted molar refractivity (Wildman–Crippen MR) is 86.3 cm³/mol. The van der Waals surface area contributed by atoms with E-state index >= 15 is 0 Å². The number of hydrogen-bond acceptors (Lipinski definition) is 2. The van der Waals surface area contributed by atoms with Crippen LogP contribution < -0.4 is 4.90 Å². The van der Waals surface area contributed by atoms with Gasteiger partial charge in [0.15, 0.2) is 5.78 Å². The summed E-state index contributed by atoms with van der Waals surface area (Å²) in [5.41, 5.74) is 1.58. The Hall–Kier alpha value is -2.04. The maximum absolute atomic E-state index is 13.1. The highest BCUT2D eigenvalue weighted by Gasteiger charge is 2.28. The molecule has 1 N–H and O–H groups in total. The number of ether oxygens (including phenoxy) is 1. The summed E-state index contributed by atoms with van der Waals surface area (Å²) in [5.74, 6) is -0.485. The first kappa shape index (κ1) is 15.8. The van der Waals surface area contributed by atoms with E-state index in [0.717, 1.165) is 38.4 Å². The van der Waals surface area contributed by atoms with E-state index in [4.69, 9.17) is 4.74 Å². The van der Waals surface area contributed by atoms with E-state index in [1.165, 1.54) is 17.0 Å². The number of benzene rings is 2. The zero-order chi connectivity index (χ0) is 16.1. The van der Waals surface area contributed by atoms with Crippen LogP contribution in [0.25, 0.3) is 0 Å². The Balaban J connectivity index is 1.84. The number of ketones is 1. The number of morpholine rings is 1. The third kappa shape index (κ3) is 4.03. The molecule has 1 fully saturated rings. The van der Waals surface area contributed by atoms with E-state index in [1.807, 2.05) is 30.3 Å². The van der Waals surface area contributed by atoms with Gasteiger partial charge in [0.05, 0.1) is 25.7 Å². The summed E-state index contributed by atoms with van der Waals surface area (Å²) >= 11 is 0. The molecule has 23 heavy (non-hydrogen) atoms. The highest BCUT2D eigenvalue weighted by molar-refractivity contribution is 6.01. The quantitative estimate of drug-likeness (QED) is 0.852. The van der Waals surface area contributed by atoms with Crippen LogP contribution in [0.4, 0.5) is 4.39 Å². The van der Waals surface area contributed by atoms with Gasteiger partial charge >= 0.3 is 0 Å². The minimum atomic E-state index is -0.323. The normalized spacial score (nSPS) is 16.9. The van der Waals surface area contributed by atoms with Crippen LogP contribution in [0.5, 0.6) is 0 Å². The predicted octanol–water partition coefficient (Wildman–Crippen LogP) is 1.71. The van der Waals surface area contributed by atoms with Crippen molar-refractivity contribution in [2.45, 2.75) is 5.92 Å².